The highest BCUT2D eigenvalue weighted by atomic mass is 32.1. The Morgan fingerprint density at radius 1 is 1.09 bits per heavy atom. The summed E-state index contributed by atoms with van der Waals surface area (Å²) in [5.74, 6) is 1.47. The van der Waals surface area contributed by atoms with E-state index in [1.54, 1.807) is 14.2 Å². The Balaban J connectivity index is 1.58. The number of rotatable bonds is 5. The summed E-state index contributed by atoms with van der Waals surface area (Å²) in [7, 11) is 3.33. The number of ether oxygens (including phenoxy) is 2. The van der Waals surface area contributed by atoms with Crippen molar-refractivity contribution >= 4 is 16.3 Å². The van der Waals surface area contributed by atoms with E-state index in [9.17, 15) is 4.79 Å². The molecular formula is C24H24N4O3S. The minimum Gasteiger partial charge on any atom is -0.493 e. The van der Waals surface area contributed by atoms with Crippen LogP contribution in [-0.4, -0.2) is 40.3 Å². The predicted octanol–water partition coefficient (Wildman–Crippen LogP) is 3.62. The zero-order valence-electron chi connectivity index (χ0n) is 18.2. The van der Waals surface area contributed by atoms with Gasteiger partial charge in [0.25, 0.3) is 5.56 Å². The summed E-state index contributed by atoms with van der Waals surface area (Å²) in [5.41, 5.74) is 4.22. The second-order valence-corrected chi connectivity index (χ2v) is 8.91. The number of fused-ring (bicyclic) bond motifs is 2. The van der Waals surface area contributed by atoms with Gasteiger partial charge in [-0.2, -0.15) is 9.61 Å². The van der Waals surface area contributed by atoms with Crippen LogP contribution in [0.5, 0.6) is 11.5 Å². The van der Waals surface area contributed by atoms with Crippen LogP contribution >= 0.6 is 11.3 Å². The standard InChI is InChI=1S/C24H24N4O3S/c1-15-11-22(29)28-24(25-15)32-21(26-28)14-27-10-9-17-12-19(30-2)20(31-3)13-18(17)23(27)16-7-5-4-6-8-16/h4-8,11-13,23H,9-10,14H2,1-3H3/t23-/m1/s1. The van der Waals surface area contributed by atoms with Gasteiger partial charge in [0, 0.05) is 18.3 Å². The average molecular weight is 449 g/mol. The number of aromatic nitrogens is 3. The molecule has 5 rings (SSSR count). The third kappa shape index (κ3) is 3.65. The fraction of sp³-hybridized carbons (Fsp3) is 0.292. The number of aryl methyl sites for hydroxylation is 1. The van der Waals surface area contributed by atoms with Crippen molar-refractivity contribution in [1.82, 2.24) is 19.5 Å². The number of hydrogen-bond donors (Lipinski definition) is 0. The van der Waals surface area contributed by atoms with E-state index in [4.69, 9.17) is 9.47 Å². The molecule has 1 aliphatic rings. The molecule has 3 heterocycles. The summed E-state index contributed by atoms with van der Waals surface area (Å²) in [6.07, 6.45) is 0.890. The summed E-state index contributed by atoms with van der Waals surface area (Å²) < 4.78 is 12.5. The number of hydrogen-bond acceptors (Lipinski definition) is 7. The molecule has 1 atom stereocenters. The van der Waals surface area contributed by atoms with Gasteiger partial charge in [0.05, 0.1) is 26.8 Å². The number of nitrogens with zero attached hydrogens (tertiary/aromatic N) is 4. The normalized spacial score (nSPS) is 16.2. The van der Waals surface area contributed by atoms with Crippen molar-refractivity contribution in [2.45, 2.75) is 25.9 Å². The van der Waals surface area contributed by atoms with E-state index in [-0.39, 0.29) is 11.6 Å². The highest BCUT2D eigenvalue weighted by Gasteiger charge is 2.31. The van der Waals surface area contributed by atoms with E-state index in [0.29, 0.717) is 17.2 Å². The molecule has 7 nitrogen and oxygen atoms in total. The van der Waals surface area contributed by atoms with E-state index < -0.39 is 0 Å². The van der Waals surface area contributed by atoms with Crippen molar-refractivity contribution in [1.29, 1.82) is 0 Å². The van der Waals surface area contributed by atoms with Gasteiger partial charge in [0.1, 0.15) is 5.01 Å². The lowest BCUT2D eigenvalue weighted by Crippen LogP contribution is -2.35. The molecule has 0 radical (unpaired) electrons. The van der Waals surface area contributed by atoms with Crippen LogP contribution in [0.4, 0.5) is 0 Å². The SMILES string of the molecule is COc1cc2c(cc1OC)[C@@H](c1ccccc1)N(Cc1nn3c(=O)cc(C)nc3s1)CC2. The zero-order chi connectivity index (χ0) is 22.2. The number of methoxy groups -OCH3 is 2. The maximum absolute atomic E-state index is 12.3. The first-order chi connectivity index (χ1) is 15.6. The lowest BCUT2D eigenvalue weighted by atomic mass is 9.87. The Labute approximate surface area is 189 Å². The van der Waals surface area contributed by atoms with E-state index in [1.165, 1.54) is 38.6 Å². The van der Waals surface area contributed by atoms with Gasteiger partial charge in [0.2, 0.25) is 4.96 Å². The molecule has 1 aliphatic heterocycles. The number of benzene rings is 2. The molecule has 0 saturated heterocycles. The monoisotopic (exact) mass is 448 g/mol. The molecule has 0 spiro atoms. The highest BCUT2D eigenvalue weighted by molar-refractivity contribution is 7.16. The summed E-state index contributed by atoms with van der Waals surface area (Å²) >= 11 is 1.47. The molecular weight excluding hydrogens is 424 g/mol. The maximum Gasteiger partial charge on any atom is 0.275 e. The maximum atomic E-state index is 12.3. The lowest BCUT2D eigenvalue weighted by molar-refractivity contribution is 0.202. The Kier molecular flexibility index (Phi) is 5.40. The molecule has 2 aromatic heterocycles. The minimum atomic E-state index is -0.143. The molecule has 0 N–H and O–H groups in total. The quantitative estimate of drug-likeness (QED) is 0.465. The van der Waals surface area contributed by atoms with Gasteiger partial charge in [-0.1, -0.05) is 41.7 Å². The van der Waals surface area contributed by atoms with Crippen LogP contribution in [0.15, 0.2) is 53.3 Å². The Morgan fingerprint density at radius 2 is 1.84 bits per heavy atom. The molecule has 0 aliphatic carbocycles. The summed E-state index contributed by atoms with van der Waals surface area (Å²) in [5, 5.41) is 5.43. The van der Waals surface area contributed by atoms with Crippen LogP contribution in [0, 0.1) is 6.92 Å². The Bertz CT molecular complexity index is 1330. The van der Waals surface area contributed by atoms with Crippen LogP contribution in [0.1, 0.15) is 33.4 Å². The van der Waals surface area contributed by atoms with Crippen molar-refractivity contribution in [3.05, 3.63) is 86.3 Å². The first kappa shape index (κ1) is 20.7. The fourth-order valence-corrected chi connectivity index (χ4v) is 5.36. The molecule has 32 heavy (non-hydrogen) atoms. The molecule has 0 fully saturated rings. The van der Waals surface area contributed by atoms with Crippen LogP contribution in [0.25, 0.3) is 4.96 Å². The van der Waals surface area contributed by atoms with Crippen molar-refractivity contribution in [3.63, 3.8) is 0 Å². The van der Waals surface area contributed by atoms with Crippen molar-refractivity contribution in [3.8, 4) is 11.5 Å². The van der Waals surface area contributed by atoms with Crippen molar-refractivity contribution < 1.29 is 9.47 Å². The Morgan fingerprint density at radius 3 is 2.59 bits per heavy atom. The highest BCUT2D eigenvalue weighted by Crippen LogP contribution is 2.41. The van der Waals surface area contributed by atoms with Gasteiger partial charge >= 0.3 is 0 Å². The minimum absolute atomic E-state index is 0.0400. The van der Waals surface area contributed by atoms with Crippen LogP contribution in [0.3, 0.4) is 0 Å². The molecule has 0 amide bonds. The van der Waals surface area contributed by atoms with Gasteiger partial charge in [-0.15, -0.1) is 0 Å². The second kappa shape index (κ2) is 8.37. The Hall–Kier alpha value is -3.23. The first-order valence-electron chi connectivity index (χ1n) is 10.5. The van der Waals surface area contributed by atoms with E-state index in [0.717, 1.165) is 29.5 Å². The molecule has 2 aromatic carbocycles. The molecule has 8 heteroatoms. The van der Waals surface area contributed by atoms with Gasteiger partial charge in [-0.05, 0) is 42.2 Å². The summed E-state index contributed by atoms with van der Waals surface area (Å²) in [6, 6.07) is 16.2. The second-order valence-electron chi connectivity index (χ2n) is 7.87. The van der Waals surface area contributed by atoms with Gasteiger partial charge in [0.15, 0.2) is 11.5 Å². The summed E-state index contributed by atoms with van der Waals surface area (Å²) in [4.78, 5) is 19.8. The lowest BCUT2D eigenvalue weighted by Gasteiger charge is -2.37. The van der Waals surface area contributed by atoms with Crippen LogP contribution in [0.2, 0.25) is 0 Å². The van der Waals surface area contributed by atoms with E-state index in [1.807, 2.05) is 13.0 Å². The smallest absolute Gasteiger partial charge is 0.275 e. The molecule has 0 bridgehead atoms. The van der Waals surface area contributed by atoms with Crippen LogP contribution < -0.4 is 15.0 Å². The topological polar surface area (TPSA) is 69.0 Å². The van der Waals surface area contributed by atoms with E-state index in [2.05, 4.69) is 51.4 Å². The van der Waals surface area contributed by atoms with Gasteiger partial charge in [-0.25, -0.2) is 4.98 Å². The molecule has 0 unspecified atom stereocenters. The van der Waals surface area contributed by atoms with Gasteiger partial charge < -0.3 is 9.47 Å². The predicted molar refractivity (Wildman–Crippen MR) is 124 cm³/mol. The summed E-state index contributed by atoms with van der Waals surface area (Å²) in [6.45, 7) is 3.31. The van der Waals surface area contributed by atoms with Crippen LogP contribution in [-0.2, 0) is 13.0 Å². The fourth-order valence-electron chi connectivity index (χ4n) is 4.39. The third-order valence-electron chi connectivity index (χ3n) is 5.84. The zero-order valence-corrected chi connectivity index (χ0v) is 19.1. The van der Waals surface area contributed by atoms with Gasteiger partial charge in [-0.3, -0.25) is 9.69 Å². The molecule has 0 saturated carbocycles. The average Bonchev–Trinajstić information content (AvgIpc) is 3.21. The van der Waals surface area contributed by atoms with E-state index >= 15 is 0 Å². The molecule has 164 valence electrons. The van der Waals surface area contributed by atoms with Crippen molar-refractivity contribution in [2.75, 3.05) is 20.8 Å². The third-order valence-corrected chi connectivity index (χ3v) is 6.74. The largest absolute Gasteiger partial charge is 0.493 e. The van der Waals surface area contributed by atoms with Crippen molar-refractivity contribution in [2.24, 2.45) is 0 Å². The molecule has 4 aromatic rings. The first-order valence-corrected chi connectivity index (χ1v) is 11.3.